The zero-order valence-corrected chi connectivity index (χ0v) is 19.8. The van der Waals surface area contributed by atoms with E-state index in [4.69, 9.17) is 18.9 Å². The Morgan fingerprint density at radius 3 is 2.43 bits per heavy atom. The van der Waals surface area contributed by atoms with E-state index in [9.17, 15) is 45.3 Å². The Labute approximate surface area is 211 Å². The Balaban J connectivity index is 1.68. The van der Waals surface area contributed by atoms with Crippen LogP contribution < -0.4 is 0 Å². The molecule has 0 amide bonds. The van der Waals surface area contributed by atoms with Crippen molar-refractivity contribution in [2.45, 2.75) is 56.8 Å². The molecule has 2 heterocycles. The van der Waals surface area contributed by atoms with Crippen molar-refractivity contribution >= 4 is 11.9 Å². The van der Waals surface area contributed by atoms with Gasteiger partial charge in [-0.3, -0.25) is 4.79 Å². The van der Waals surface area contributed by atoms with Crippen molar-refractivity contribution in [1.82, 2.24) is 0 Å². The van der Waals surface area contributed by atoms with Crippen molar-refractivity contribution in [2.75, 3.05) is 13.2 Å². The van der Waals surface area contributed by atoms with Crippen molar-refractivity contribution in [1.29, 1.82) is 0 Å². The van der Waals surface area contributed by atoms with E-state index in [2.05, 4.69) is 0 Å². The highest BCUT2D eigenvalue weighted by atomic mass is 16.8. The molecule has 1 fully saturated rings. The number of carboxylic acid groups (broad SMARTS) is 1. The summed E-state index contributed by atoms with van der Waals surface area (Å²) in [7, 11) is 0. The predicted molar refractivity (Wildman–Crippen MR) is 122 cm³/mol. The summed E-state index contributed by atoms with van der Waals surface area (Å²) in [5.41, 5.74) is 0.557. The van der Waals surface area contributed by atoms with Crippen molar-refractivity contribution in [3.05, 3.63) is 47.2 Å². The van der Waals surface area contributed by atoms with Crippen LogP contribution >= 0.6 is 0 Å². The van der Waals surface area contributed by atoms with E-state index >= 15 is 0 Å². The second-order valence-corrected chi connectivity index (χ2v) is 8.52. The van der Waals surface area contributed by atoms with Crippen molar-refractivity contribution < 1.29 is 64.3 Å². The molecule has 0 aromatic heterocycles. The highest BCUT2D eigenvalue weighted by Gasteiger charge is 2.46. The summed E-state index contributed by atoms with van der Waals surface area (Å²) < 4.78 is 21.6. The molecule has 2 aliphatic rings. The number of rotatable bonds is 9. The Bertz CT molecular complexity index is 1030. The molecule has 3 rings (SSSR count). The third kappa shape index (κ3) is 6.57. The number of benzene rings is 1. The third-order valence-electron chi connectivity index (χ3n) is 6.12. The van der Waals surface area contributed by atoms with Gasteiger partial charge < -0.3 is 54.7 Å². The summed E-state index contributed by atoms with van der Waals surface area (Å²) in [5.74, 6) is -3.70. The van der Waals surface area contributed by atoms with Gasteiger partial charge in [-0.05, 0) is 24.6 Å². The van der Waals surface area contributed by atoms with Crippen LogP contribution in [0.5, 0.6) is 11.5 Å². The van der Waals surface area contributed by atoms with Crippen molar-refractivity contribution in [3.8, 4) is 11.5 Å². The molecule has 0 aliphatic carbocycles. The molecule has 0 radical (unpaired) electrons. The van der Waals surface area contributed by atoms with Gasteiger partial charge in [-0.15, -0.1) is 0 Å². The molecule has 1 saturated heterocycles. The lowest BCUT2D eigenvalue weighted by atomic mass is 9.86. The van der Waals surface area contributed by atoms with E-state index in [0.717, 1.165) is 6.26 Å². The number of hydrogen-bond acceptors (Lipinski definition) is 12. The van der Waals surface area contributed by atoms with Crippen LogP contribution in [0.4, 0.5) is 0 Å². The number of phenolic OH excluding ortho intramolecular Hbond substituents is 2. The number of allylic oxidation sites excluding steroid dienone is 1. The molecular weight excluding hydrogens is 496 g/mol. The summed E-state index contributed by atoms with van der Waals surface area (Å²) >= 11 is 0. The maximum atomic E-state index is 12.6. The van der Waals surface area contributed by atoms with Gasteiger partial charge in [-0.2, -0.15) is 0 Å². The fourth-order valence-corrected chi connectivity index (χ4v) is 4.05. The maximum Gasteiger partial charge on any atom is 0.335 e. The fourth-order valence-electron chi connectivity index (χ4n) is 4.05. The number of carbonyl (C=O) groups excluding carboxylic acids is 1. The number of aromatic hydroxyl groups is 2. The molecule has 2 aliphatic heterocycles. The van der Waals surface area contributed by atoms with Crippen LogP contribution in [0.15, 0.2) is 41.7 Å². The lowest BCUT2D eigenvalue weighted by Crippen LogP contribution is -2.60. The monoisotopic (exact) mass is 526 g/mol. The van der Waals surface area contributed by atoms with Gasteiger partial charge >= 0.3 is 11.9 Å². The Kier molecular flexibility index (Phi) is 9.48. The van der Waals surface area contributed by atoms with E-state index < -0.39 is 67.9 Å². The number of ether oxygens (including phenoxy) is 4. The number of carbonyl (C=O) groups is 2. The number of aliphatic hydroxyl groups excluding tert-OH is 4. The minimum absolute atomic E-state index is 0.0750. The van der Waals surface area contributed by atoms with Crippen LogP contribution in [0.3, 0.4) is 0 Å². The van der Waals surface area contributed by atoms with Crippen LogP contribution in [-0.4, -0.2) is 97.9 Å². The van der Waals surface area contributed by atoms with Gasteiger partial charge in [0.2, 0.25) is 6.29 Å². The lowest BCUT2D eigenvalue weighted by Gasteiger charge is -2.41. The van der Waals surface area contributed by atoms with Crippen molar-refractivity contribution in [3.63, 3.8) is 0 Å². The minimum Gasteiger partial charge on any atom is -0.504 e. The van der Waals surface area contributed by atoms with E-state index in [0.29, 0.717) is 5.56 Å². The first kappa shape index (κ1) is 28.4. The molecule has 204 valence electrons. The van der Waals surface area contributed by atoms with Gasteiger partial charge in [0, 0.05) is 17.9 Å². The number of phenols is 2. The Morgan fingerprint density at radius 1 is 1.08 bits per heavy atom. The topological polar surface area (TPSA) is 213 Å². The van der Waals surface area contributed by atoms with Gasteiger partial charge in [0.25, 0.3) is 0 Å². The summed E-state index contributed by atoms with van der Waals surface area (Å²) in [6, 6.07) is 4.17. The number of aliphatic hydroxyl groups is 4. The Hall–Kier alpha value is -3.20. The summed E-state index contributed by atoms with van der Waals surface area (Å²) in [6.07, 6.45) is -6.90. The van der Waals surface area contributed by atoms with Crippen LogP contribution in [0.1, 0.15) is 18.9 Å². The molecule has 0 bridgehead atoms. The smallest absolute Gasteiger partial charge is 0.335 e. The van der Waals surface area contributed by atoms with Crippen LogP contribution in [0.2, 0.25) is 0 Å². The SMILES string of the molecule is C/C=C1\[C@@H](O[C@@H]2O[C@H](CO)[C@@H](O)[C@H](O)[C@H]2O)OC=C(C(=O)O)[C@H]1CC(=O)OCCc1ccc(O)c(O)c1. The number of hydrogen-bond donors (Lipinski definition) is 7. The average molecular weight is 526 g/mol. The first-order valence-corrected chi connectivity index (χ1v) is 11.4. The summed E-state index contributed by atoms with van der Waals surface area (Å²) in [5, 5.41) is 68.1. The zero-order valence-electron chi connectivity index (χ0n) is 19.8. The normalized spacial score (nSPS) is 30.9. The van der Waals surface area contributed by atoms with Crippen LogP contribution in [0.25, 0.3) is 0 Å². The minimum atomic E-state index is -1.72. The average Bonchev–Trinajstić information content (AvgIpc) is 2.86. The fraction of sp³-hybridized carbons (Fsp3) is 0.500. The number of esters is 1. The molecule has 0 spiro atoms. The summed E-state index contributed by atoms with van der Waals surface area (Å²) in [4.78, 5) is 24.4. The van der Waals surface area contributed by atoms with Crippen LogP contribution in [-0.2, 0) is 35.0 Å². The van der Waals surface area contributed by atoms with E-state index in [1.807, 2.05) is 0 Å². The van der Waals surface area contributed by atoms with Gasteiger partial charge in [0.05, 0.1) is 31.5 Å². The van der Waals surface area contributed by atoms with Gasteiger partial charge in [0.15, 0.2) is 17.8 Å². The van der Waals surface area contributed by atoms with Gasteiger partial charge in [-0.1, -0.05) is 12.1 Å². The molecule has 7 N–H and O–H groups in total. The third-order valence-corrected chi connectivity index (χ3v) is 6.12. The van der Waals surface area contributed by atoms with E-state index in [1.54, 1.807) is 13.0 Å². The zero-order chi connectivity index (χ0) is 27.3. The predicted octanol–water partition coefficient (Wildman–Crippen LogP) is -0.723. The molecule has 7 atom stereocenters. The highest BCUT2D eigenvalue weighted by molar-refractivity contribution is 5.89. The standard InChI is InChI=1S/C24H30O13/c1-2-12-13(8-18(28)34-6-5-11-3-4-15(26)16(27)7-11)14(22(32)33)10-35-23(12)37-24-21(31)20(30)19(29)17(9-25)36-24/h2-4,7,10,13,17,19-21,23-27,29-31H,5-6,8-9H2,1H3,(H,32,33)/b12-2-/t13-,17+,19+,20-,21+,23+,24-/m0/s1. The van der Waals surface area contributed by atoms with E-state index in [-0.39, 0.29) is 35.7 Å². The molecular formula is C24H30O13. The molecule has 1 aromatic rings. The number of carboxylic acids is 1. The second kappa shape index (κ2) is 12.4. The highest BCUT2D eigenvalue weighted by Crippen LogP contribution is 2.36. The van der Waals surface area contributed by atoms with Crippen LogP contribution in [0, 0.1) is 5.92 Å². The maximum absolute atomic E-state index is 12.6. The lowest BCUT2D eigenvalue weighted by molar-refractivity contribution is -0.327. The van der Waals surface area contributed by atoms with Gasteiger partial charge in [0.1, 0.15) is 24.4 Å². The Morgan fingerprint density at radius 2 is 1.81 bits per heavy atom. The molecule has 0 unspecified atom stereocenters. The first-order valence-electron chi connectivity index (χ1n) is 11.4. The van der Waals surface area contributed by atoms with Gasteiger partial charge in [-0.25, -0.2) is 4.79 Å². The molecule has 13 heteroatoms. The molecule has 13 nitrogen and oxygen atoms in total. The van der Waals surface area contributed by atoms with E-state index in [1.165, 1.54) is 18.2 Å². The summed E-state index contributed by atoms with van der Waals surface area (Å²) in [6.45, 7) is 0.811. The second-order valence-electron chi connectivity index (χ2n) is 8.52. The molecule has 0 saturated carbocycles. The first-order chi connectivity index (χ1) is 17.6. The quantitative estimate of drug-likeness (QED) is 0.120. The largest absolute Gasteiger partial charge is 0.504 e. The molecule has 37 heavy (non-hydrogen) atoms. The molecule has 1 aromatic carbocycles. The van der Waals surface area contributed by atoms with Crippen molar-refractivity contribution in [2.24, 2.45) is 5.92 Å². The number of aliphatic carboxylic acids is 1.